The van der Waals surface area contributed by atoms with Crippen molar-refractivity contribution >= 4 is 22.5 Å². The van der Waals surface area contributed by atoms with Gasteiger partial charge < -0.3 is 5.11 Å². The first kappa shape index (κ1) is 20.4. The minimum Gasteiger partial charge on any atom is -0.385 e. The van der Waals surface area contributed by atoms with E-state index in [2.05, 4.69) is 61.4 Å². The highest BCUT2D eigenvalue weighted by Crippen LogP contribution is 2.30. The van der Waals surface area contributed by atoms with Crippen LogP contribution in [0.5, 0.6) is 0 Å². The number of hydrogen-bond donors (Lipinski definition) is 2. The summed E-state index contributed by atoms with van der Waals surface area (Å²) in [7, 11) is 0. The first-order chi connectivity index (χ1) is 14.7. The predicted octanol–water partition coefficient (Wildman–Crippen LogP) is 3.65. The van der Waals surface area contributed by atoms with Crippen molar-refractivity contribution in [2.45, 2.75) is 38.9 Å². The number of aromatic nitrogens is 4. The van der Waals surface area contributed by atoms with Gasteiger partial charge in [0, 0.05) is 17.5 Å². The second-order valence-corrected chi connectivity index (χ2v) is 7.61. The van der Waals surface area contributed by atoms with Gasteiger partial charge in [0.05, 0.1) is 0 Å². The Hall–Kier alpha value is -2.90. The molecule has 0 spiro atoms. The van der Waals surface area contributed by atoms with Gasteiger partial charge in [-0.1, -0.05) is 73.5 Å². The number of benzene rings is 2. The SMILES string of the molecule is CCCCC1N=C(Cl)C(CO)=[N+]1Cc1ccc(-c2ccccc2-c2nn[nH]n2)cc1. The minimum absolute atomic E-state index is 0.0155. The Morgan fingerprint density at radius 3 is 2.53 bits per heavy atom. The summed E-state index contributed by atoms with van der Waals surface area (Å²) in [4.78, 5) is 4.55. The molecule has 1 atom stereocenters. The average molecular weight is 424 g/mol. The number of aliphatic imine (C=N–C) groups is 1. The van der Waals surface area contributed by atoms with Gasteiger partial charge in [-0.25, -0.2) is 4.58 Å². The van der Waals surface area contributed by atoms with Gasteiger partial charge in [0.25, 0.3) is 0 Å². The van der Waals surface area contributed by atoms with Crippen molar-refractivity contribution in [1.29, 1.82) is 0 Å². The van der Waals surface area contributed by atoms with Gasteiger partial charge in [-0.2, -0.15) is 10.2 Å². The second kappa shape index (κ2) is 9.28. The highest BCUT2D eigenvalue weighted by molar-refractivity contribution is 6.83. The fourth-order valence-corrected chi connectivity index (χ4v) is 4.01. The maximum absolute atomic E-state index is 9.78. The number of tetrazole rings is 1. The zero-order valence-corrected chi connectivity index (χ0v) is 17.5. The van der Waals surface area contributed by atoms with Crippen molar-refractivity contribution in [3.63, 3.8) is 0 Å². The Kier molecular flexibility index (Phi) is 6.30. The molecular weight excluding hydrogens is 400 g/mol. The molecule has 0 amide bonds. The monoisotopic (exact) mass is 423 g/mol. The van der Waals surface area contributed by atoms with Crippen molar-refractivity contribution in [2.75, 3.05) is 6.61 Å². The fourth-order valence-electron chi connectivity index (χ4n) is 3.73. The third-order valence-electron chi connectivity index (χ3n) is 5.30. The summed E-state index contributed by atoms with van der Waals surface area (Å²) in [6.07, 6.45) is 3.07. The summed E-state index contributed by atoms with van der Waals surface area (Å²) in [6, 6.07) is 16.4. The van der Waals surface area contributed by atoms with Crippen LogP contribution in [0.15, 0.2) is 53.5 Å². The molecular formula is C22H24ClN6O+. The largest absolute Gasteiger partial charge is 0.385 e. The zero-order chi connectivity index (χ0) is 20.9. The van der Waals surface area contributed by atoms with Crippen LogP contribution in [-0.4, -0.2) is 54.0 Å². The van der Waals surface area contributed by atoms with Gasteiger partial charge in [0.1, 0.15) is 6.61 Å². The molecule has 1 aliphatic rings. The van der Waals surface area contributed by atoms with Gasteiger partial charge in [-0.3, -0.25) is 0 Å². The molecule has 154 valence electrons. The van der Waals surface area contributed by atoms with Crippen LogP contribution >= 0.6 is 11.6 Å². The van der Waals surface area contributed by atoms with Crippen LogP contribution < -0.4 is 0 Å². The molecule has 1 aromatic heterocycles. The Labute approximate surface area is 180 Å². The van der Waals surface area contributed by atoms with E-state index in [0.29, 0.717) is 23.3 Å². The number of aliphatic hydroxyl groups excluding tert-OH is 1. The Balaban J connectivity index is 1.59. The van der Waals surface area contributed by atoms with Crippen LogP contribution in [0.25, 0.3) is 22.5 Å². The van der Waals surface area contributed by atoms with E-state index in [0.717, 1.165) is 41.5 Å². The third kappa shape index (κ3) is 4.17. The topological polar surface area (TPSA) is 90.1 Å². The smallest absolute Gasteiger partial charge is 0.247 e. The lowest BCUT2D eigenvalue weighted by molar-refractivity contribution is -0.577. The standard InChI is InChI=1S/C22H24ClN6O/c1-2-3-8-20-24-21(23)19(14-30)29(20)13-15-9-11-16(12-10-15)17-6-4-5-7-18(17)22-25-27-28-26-22/h4-7,9-12,20,30H,2-3,8,13-14H2,1H3,(H,25,26,27,28)/q+1. The lowest BCUT2D eigenvalue weighted by atomic mass is 9.98. The Morgan fingerprint density at radius 2 is 1.87 bits per heavy atom. The van der Waals surface area contributed by atoms with E-state index in [1.54, 1.807) is 0 Å². The molecule has 0 bridgehead atoms. The molecule has 1 aliphatic heterocycles. The molecule has 3 aromatic rings. The summed E-state index contributed by atoms with van der Waals surface area (Å²) in [5, 5.41) is 24.6. The van der Waals surface area contributed by atoms with E-state index in [-0.39, 0.29) is 12.8 Å². The van der Waals surface area contributed by atoms with E-state index < -0.39 is 0 Å². The molecule has 0 fully saturated rings. The predicted molar refractivity (Wildman–Crippen MR) is 118 cm³/mol. The molecule has 4 rings (SSSR count). The molecule has 2 aromatic carbocycles. The molecule has 2 N–H and O–H groups in total. The second-order valence-electron chi connectivity index (χ2n) is 7.25. The average Bonchev–Trinajstić information content (AvgIpc) is 3.41. The molecule has 0 aliphatic carbocycles. The first-order valence-corrected chi connectivity index (χ1v) is 10.5. The van der Waals surface area contributed by atoms with Crippen LogP contribution in [0.2, 0.25) is 0 Å². The van der Waals surface area contributed by atoms with Crippen LogP contribution in [-0.2, 0) is 6.54 Å². The number of unbranched alkanes of at least 4 members (excludes halogenated alkanes) is 1. The normalized spacial score (nSPS) is 16.2. The molecule has 7 nitrogen and oxygen atoms in total. The summed E-state index contributed by atoms with van der Waals surface area (Å²) in [5.41, 5.74) is 4.87. The van der Waals surface area contributed by atoms with Crippen LogP contribution in [0.1, 0.15) is 31.7 Å². The zero-order valence-electron chi connectivity index (χ0n) is 16.8. The summed E-state index contributed by atoms with van der Waals surface area (Å²) in [5.74, 6) is 0.569. The van der Waals surface area contributed by atoms with Gasteiger partial charge in [-0.05, 0) is 22.8 Å². The van der Waals surface area contributed by atoms with Gasteiger partial charge >= 0.3 is 0 Å². The Bertz CT molecular complexity index is 1060. The quantitative estimate of drug-likeness (QED) is 0.541. The number of nitrogens with one attached hydrogen (secondary N) is 1. The summed E-state index contributed by atoms with van der Waals surface area (Å²) in [6.45, 7) is 2.70. The summed E-state index contributed by atoms with van der Waals surface area (Å²) >= 11 is 6.28. The minimum atomic E-state index is -0.110. The highest BCUT2D eigenvalue weighted by Gasteiger charge is 2.33. The van der Waals surface area contributed by atoms with Crippen LogP contribution in [0.4, 0.5) is 0 Å². The van der Waals surface area contributed by atoms with Gasteiger partial charge in [-0.15, -0.1) is 10.2 Å². The highest BCUT2D eigenvalue weighted by atomic mass is 35.5. The molecule has 30 heavy (non-hydrogen) atoms. The van der Waals surface area contributed by atoms with E-state index in [9.17, 15) is 5.11 Å². The van der Waals surface area contributed by atoms with Crippen molar-refractivity contribution in [2.24, 2.45) is 4.99 Å². The first-order valence-electron chi connectivity index (χ1n) is 10.1. The lowest BCUT2D eigenvalue weighted by Crippen LogP contribution is -2.28. The van der Waals surface area contributed by atoms with Gasteiger partial charge in [0.15, 0.2) is 11.7 Å². The number of halogens is 1. The molecule has 8 heteroatoms. The maximum atomic E-state index is 9.78. The van der Waals surface area contributed by atoms with Crippen molar-refractivity contribution < 1.29 is 9.68 Å². The van der Waals surface area contributed by atoms with Crippen molar-refractivity contribution in [1.82, 2.24) is 20.6 Å². The van der Waals surface area contributed by atoms with Crippen LogP contribution in [0, 0.1) is 0 Å². The number of hydrogen-bond acceptors (Lipinski definition) is 5. The van der Waals surface area contributed by atoms with E-state index in [4.69, 9.17) is 11.6 Å². The maximum Gasteiger partial charge on any atom is 0.247 e. The molecule has 0 saturated carbocycles. The van der Waals surface area contributed by atoms with E-state index >= 15 is 0 Å². The molecule has 2 heterocycles. The fraction of sp³-hybridized carbons (Fsp3) is 0.318. The molecule has 0 radical (unpaired) electrons. The Morgan fingerprint density at radius 1 is 1.10 bits per heavy atom. The number of aromatic amines is 1. The summed E-state index contributed by atoms with van der Waals surface area (Å²) < 4.78 is 2.11. The van der Waals surface area contributed by atoms with Gasteiger partial charge in [0.2, 0.25) is 17.7 Å². The number of aliphatic hydroxyl groups is 1. The van der Waals surface area contributed by atoms with Crippen molar-refractivity contribution in [3.8, 4) is 22.5 Å². The number of H-pyrrole nitrogens is 1. The molecule has 0 saturated heterocycles. The number of rotatable bonds is 8. The van der Waals surface area contributed by atoms with Crippen LogP contribution in [0.3, 0.4) is 0 Å². The van der Waals surface area contributed by atoms with Crippen molar-refractivity contribution in [3.05, 3.63) is 54.1 Å². The van der Waals surface area contributed by atoms with E-state index in [1.165, 1.54) is 0 Å². The van der Waals surface area contributed by atoms with E-state index in [1.807, 2.05) is 24.3 Å². The lowest BCUT2D eigenvalue weighted by Gasteiger charge is -2.11. The molecule has 1 unspecified atom stereocenters. The number of nitrogens with zero attached hydrogens (tertiary/aromatic N) is 5. The third-order valence-corrected chi connectivity index (χ3v) is 5.62.